The van der Waals surface area contributed by atoms with Gasteiger partial charge in [-0.3, -0.25) is 14.6 Å². The Morgan fingerprint density at radius 3 is 2.56 bits per heavy atom. The third kappa shape index (κ3) is 2.28. The number of alkyl halides is 1. The molecular weight excluding hydrogens is 542 g/mol. The van der Waals surface area contributed by atoms with Gasteiger partial charge >= 0.3 is 5.97 Å². The summed E-state index contributed by atoms with van der Waals surface area (Å²) < 4.78 is 7.46. The molecule has 0 aliphatic heterocycles. The summed E-state index contributed by atoms with van der Waals surface area (Å²) in [5.74, 6) is 0.101. The molecule has 4 rings (SSSR count). The van der Waals surface area contributed by atoms with Gasteiger partial charge in [0.2, 0.25) is 0 Å². The number of hydrogen-bond donors (Lipinski definition) is 0. The molecule has 2 aromatic rings. The van der Waals surface area contributed by atoms with Crippen molar-refractivity contribution >= 4 is 70.4 Å². The Morgan fingerprint density at radius 2 is 1.93 bits per heavy atom. The molecule has 2 fully saturated rings. The monoisotopic (exact) mass is 557 g/mol. The van der Waals surface area contributed by atoms with E-state index in [0.29, 0.717) is 28.6 Å². The van der Waals surface area contributed by atoms with Gasteiger partial charge in [-0.2, -0.15) is 0 Å². The van der Waals surface area contributed by atoms with E-state index in [2.05, 4.69) is 52.8 Å². The number of halogens is 3. The van der Waals surface area contributed by atoms with Crippen LogP contribution in [0.15, 0.2) is 33.3 Å². The maximum absolute atomic E-state index is 13.5. The summed E-state index contributed by atoms with van der Waals surface area (Å²) in [6.07, 6.45) is 2.98. The molecule has 1 heterocycles. The van der Waals surface area contributed by atoms with E-state index < -0.39 is 21.1 Å². The van der Waals surface area contributed by atoms with Crippen LogP contribution in [0.4, 0.5) is 0 Å². The van der Waals surface area contributed by atoms with Crippen molar-refractivity contribution in [2.45, 2.75) is 38.4 Å². The van der Waals surface area contributed by atoms with Gasteiger partial charge in [-0.15, -0.1) is 0 Å². The van der Waals surface area contributed by atoms with E-state index in [-0.39, 0.29) is 11.8 Å². The largest absolute Gasteiger partial charge is 0.422 e. The molecule has 1 aromatic heterocycles. The minimum absolute atomic E-state index is 0.0913. The van der Waals surface area contributed by atoms with Crippen LogP contribution in [0, 0.1) is 16.2 Å². The summed E-state index contributed by atoms with van der Waals surface area (Å²) in [5.41, 5.74) is -1.34. The number of rotatable bonds is 2. The molecule has 2 aliphatic rings. The van der Waals surface area contributed by atoms with Crippen molar-refractivity contribution in [1.29, 1.82) is 0 Å². The van der Waals surface area contributed by atoms with E-state index in [1.165, 1.54) is 0 Å². The normalized spacial score (nSPS) is 31.5. The van der Waals surface area contributed by atoms with Crippen LogP contribution in [0.1, 0.15) is 33.6 Å². The summed E-state index contributed by atoms with van der Waals surface area (Å²) >= 11 is 10.6. The van der Waals surface area contributed by atoms with Gasteiger partial charge in [0.05, 0.1) is 14.7 Å². The summed E-state index contributed by atoms with van der Waals surface area (Å²) in [5, 5.41) is 0.856. The van der Waals surface area contributed by atoms with Crippen LogP contribution in [0.5, 0.6) is 5.75 Å². The zero-order valence-electron chi connectivity index (χ0n) is 15.1. The maximum atomic E-state index is 13.5. The maximum Gasteiger partial charge on any atom is 0.319 e. The summed E-state index contributed by atoms with van der Waals surface area (Å²) in [6.45, 7) is 5.99. The van der Waals surface area contributed by atoms with Crippen LogP contribution >= 0.6 is 47.8 Å². The molecule has 27 heavy (non-hydrogen) atoms. The Hall–Kier alpha value is -0.790. The molecule has 1 aromatic carbocycles. The van der Waals surface area contributed by atoms with Gasteiger partial charge in [0.1, 0.15) is 5.52 Å². The third-order valence-corrected chi connectivity index (χ3v) is 9.47. The number of ketones is 1. The molecule has 3 atom stereocenters. The van der Waals surface area contributed by atoms with Crippen LogP contribution in [-0.2, 0) is 9.59 Å². The second-order valence-corrected chi connectivity index (χ2v) is 10.7. The van der Waals surface area contributed by atoms with Gasteiger partial charge in [-0.1, -0.05) is 58.7 Å². The Bertz CT molecular complexity index is 1010. The van der Waals surface area contributed by atoms with Gasteiger partial charge in [0.15, 0.2) is 11.5 Å². The van der Waals surface area contributed by atoms with Crippen molar-refractivity contribution in [3.05, 3.63) is 33.3 Å². The van der Waals surface area contributed by atoms with Crippen molar-refractivity contribution < 1.29 is 14.3 Å². The molecule has 142 valence electrons. The fourth-order valence-electron chi connectivity index (χ4n) is 4.83. The molecule has 2 aliphatic carbocycles. The van der Waals surface area contributed by atoms with Crippen LogP contribution in [0.3, 0.4) is 0 Å². The predicted octanol–water partition coefficient (Wildman–Crippen LogP) is 5.82. The fraction of sp³-hybridized carbons (Fsp3) is 0.450. The second kappa shape index (κ2) is 6.10. The van der Waals surface area contributed by atoms with Crippen molar-refractivity contribution in [2.75, 3.05) is 0 Å². The van der Waals surface area contributed by atoms with Crippen molar-refractivity contribution in [3.63, 3.8) is 0 Å². The van der Waals surface area contributed by atoms with E-state index in [4.69, 9.17) is 4.74 Å². The average Bonchev–Trinajstić information content (AvgIpc) is 2.90. The minimum Gasteiger partial charge on any atom is -0.422 e. The van der Waals surface area contributed by atoms with Gasteiger partial charge in [0, 0.05) is 21.5 Å². The molecule has 3 unspecified atom stereocenters. The molecule has 0 saturated heterocycles. The van der Waals surface area contributed by atoms with Gasteiger partial charge in [-0.25, -0.2) is 0 Å². The number of esters is 1. The van der Waals surface area contributed by atoms with Crippen molar-refractivity contribution in [2.24, 2.45) is 16.2 Å². The van der Waals surface area contributed by atoms with E-state index >= 15 is 0 Å². The Morgan fingerprint density at radius 1 is 1.22 bits per heavy atom. The topological polar surface area (TPSA) is 56.3 Å². The number of fused-ring (bicyclic) bond motifs is 3. The first-order chi connectivity index (χ1) is 12.6. The molecular formula is C20H18Br3NO3. The SMILES string of the molecule is CC12CCC(C(=O)Oc3c(Br)cc(Br)c4cccnc34)(C(Br)C1=O)C2(C)C. The standard InChI is InChI=1S/C20H18Br3NO3/c1-18(2)19(3)6-7-20(18,15(23)16(19)25)17(26)27-14-12(22)9-11(21)10-5-4-8-24-13(10)14/h4-5,8-9,15H,6-7H2,1-3H3. The molecule has 0 spiro atoms. The first-order valence-corrected chi connectivity index (χ1v) is 11.2. The number of benzene rings is 1. The predicted molar refractivity (Wildman–Crippen MR) is 114 cm³/mol. The second-order valence-electron chi connectivity index (χ2n) is 8.11. The number of aromatic nitrogens is 1. The van der Waals surface area contributed by atoms with Crippen LogP contribution in [0.25, 0.3) is 10.9 Å². The molecule has 4 nitrogen and oxygen atoms in total. The Balaban J connectivity index is 1.83. The van der Waals surface area contributed by atoms with Gasteiger partial charge in [0.25, 0.3) is 0 Å². The molecule has 0 radical (unpaired) electrons. The average molecular weight is 560 g/mol. The molecule has 0 amide bonds. The Kier molecular flexibility index (Phi) is 4.41. The van der Waals surface area contributed by atoms with Crippen LogP contribution in [-0.4, -0.2) is 21.6 Å². The lowest BCUT2D eigenvalue weighted by atomic mass is 9.65. The lowest BCUT2D eigenvalue weighted by molar-refractivity contribution is -0.150. The molecule has 2 bridgehead atoms. The summed E-state index contributed by atoms with van der Waals surface area (Å²) in [4.78, 5) is 30.3. The van der Waals surface area contributed by atoms with Crippen molar-refractivity contribution in [1.82, 2.24) is 4.98 Å². The Labute approximate surface area is 182 Å². The van der Waals surface area contributed by atoms with Crippen LogP contribution in [0.2, 0.25) is 0 Å². The number of Topliss-reactive ketones (excluding diaryl/α,β-unsaturated/α-hetero) is 1. The lowest BCUT2D eigenvalue weighted by Gasteiger charge is -2.38. The molecule has 2 saturated carbocycles. The quantitative estimate of drug-likeness (QED) is 0.264. The zero-order valence-corrected chi connectivity index (χ0v) is 19.9. The van der Waals surface area contributed by atoms with E-state index in [0.717, 1.165) is 9.86 Å². The number of hydrogen-bond acceptors (Lipinski definition) is 4. The lowest BCUT2D eigenvalue weighted by Crippen LogP contribution is -2.47. The van der Waals surface area contributed by atoms with Gasteiger partial charge < -0.3 is 4.74 Å². The zero-order chi connectivity index (χ0) is 19.8. The summed E-state index contributed by atoms with van der Waals surface area (Å²) in [7, 11) is 0. The fourth-order valence-corrected chi connectivity index (χ4v) is 7.68. The third-order valence-electron chi connectivity index (χ3n) is 7.03. The highest BCUT2D eigenvalue weighted by Crippen LogP contribution is 2.72. The van der Waals surface area contributed by atoms with Gasteiger partial charge in [-0.05, 0) is 46.3 Å². The first kappa shape index (κ1) is 19.5. The number of carbonyl (C=O) groups is 2. The van der Waals surface area contributed by atoms with E-state index in [1.54, 1.807) is 6.20 Å². The highest BCUT2D eigenvalue weighted by atomic mass is 79.9. The number of pyridine rings is 1. The van der Waals surface area contributed by atoms with E-state index in [1.807, 2.05) is 39.0 Å². The molecule has 0 N–H and O–H groups in total. The first-order valence-electron chi connectivity index (χ1n) is 8.71. The number of carbonyl (C=O) groups excluding carboxylic acids is 2. The minimum atomic E-state index is -0.896. The molecule has 7 heteroatoms. The van der Waals surface area contributed by atoms with E-state index in [9.17, 15) is 9.59 Å². The highest BCUT2D eigenvalue weighted by Gasteiger charge is 2.77. The summed E-state index contributed by atoms with van der Waals surface area (Å²) in [6, 6.07) is 5.60. The van der Waals surface area contributed by atoms with Crippen LogP contribution < -0.4 is 4.74 Å². The number of ether oxygens (including phenoxy) is 1. The van der Waals surface area contributed by atoms with Crippen molar-refractivity contribution in [3.8, 4) is 5.75 Å². The highest BCUT2D eigenvalue weighted by molar-refractivity contribution is 9.11. The number of nitrogens with zero attached hydrogens (tertiary/aromatic N) is 1. The smallest absolute Gasteiger partial charge is 0.319 e.